The van der Waals surface area contributed by atoms with Crippen LogP contribution >= 0.6 is 0 Å². The zero-order valence-electron chi connectivity index (χ0n) is 64.9. The number of nitrogens with zero attached hydrogens (tertiary/aromatic N) is 8. The minimum Gasteiger partial charge on any atom is -0.453 e. The van der Waals surface area contributed by atoms with Crippen LogP contribution in [-0.4, -0.2) is 256 Å². The number of likely N-dealkylation sites (tertiary alicyclic amines) is 8. The molecule has 10 rings (SSSR count). The lowest BCUT2D eigenvalue weighted by molar-refractivity contribution is -0.137. The molecule has 0 aromatic heterocycles. The maximum Gasteiger partial charge on any atom is 0.407 e. The number of rotatable bonds is 18. The Kier molecular flexibility index (Phi) is 39.2. The lowest BCUT2D eigenvalue weighted by Crippen LogP contribution is -2.50. The zero-order chi connectivity index (χ0) is 76.1. The van der Waals surface area contributed by atoms with Gasteiger partial charge in [-0.25, -0.2) is 19.2 Å². The summed E-state index contributed by atoms with van der Waals surface area (Å²) in [6.45, 7) is 29.6. The lowest BCUT2D eigenvalue weighted by Gasteiger charge is -2.36. The van der Waals surface area contributed by atoms with Gasteiger partial charge in [-0.05, 0) is 164 Å². The molecule has 26 heteroatoms. The number of nitrogens with one attached hydrogen (secondary N) is 4. The van der Waals surface area contributed by atoms with E-state index in [9.17, 15) is 47.9 Å². The molecule has 8 aliphatic heterocycles. The monoisotopic (exact) mass is 1460 g/mol. The van der Waals surface area contributed by atoms with Crippen molar-refractivity contribution in [2.75, 3.05) is 133 Å². The molecule has 0 bridgehead atoms. The molecule has 26 nitrogen and oxygen atoms in total. The number of amides is 10. The highest BCUT2D eigenvalue weighted by Gasteiger charge is 2.37. The molecule has 8 saturated heterocycles. The Labute approximate surface area is 620 Å². The molecule has 0 aliphatic carbocycles. The van der Waals surface area contributed by atoms with Gasteiger partial charge in [-0.1, -0.05) is 129 Å². The van der Waals surface area contributed by atoms with Crippen LogP contribution in [0.4, 0.5) is 19.2 Å². The van der Waals surface area contributed by atoms with E-state index in [0.717, 1.165) is 193 Å². The third-order valence-corrected chi connectivity index (χ3v) is 20.3. The first-order chi connectivity index (χ1) is 50.0. The molecule has 0 saturated carbocycles. The van der Waals surface area contributed by atoms with E-state index in [1.807, 2.05) is 91.8 Å². The van der Waals surface area contributed by atoms with Gasteiger partial charge in [-0.2, -0.15) is 0 Å². The second kappa shape index (κ2) is 47.0. The fraction of sp³-hybridized carbons (Fsp3) is 0.718. The molecule has 104 heavy (non-hydrogen) atoms. The molecule has 0 spiro atoms. The molecule has 584 valence electrons. The third-order valence-electron chi connectivity index (χ3n) is 20.3. The van der Waals surface area contributed by atoms with E-state index >= 15 is 0 Å². The van der Waals surface area contributed by atoms with Crippen molar-refractivity contribution in [3.8, 4) is 0 Å². The number of alkyl carbamates (subject to hydrolysis) is 4. The van der Waals surface area contributed by atoms with Crippen LogP contribution in [0.3, 0.4) is 0 Å². The Balaban J connectivity index is 0.000000225. The summed E-state index contributed by atoms with van der Waals surface area (Å²) in [5, 5.41) is 10.4. The number of benzene rings is 2. The van der Waals surface area contributed by atoms with Gasteiger partial charge in [0.2, 0.25) is 35.4 Å². The quantitative estimate of drug-likeness (QED) is 0.101. The number of carbonyl (C=O) groups excluding carboxylic acids is 10. The van der Waals surface area contributed by atoms with Crippen LogP contribution in [0.5, 0.6) is 0 Å². The smallest absolute Gasteiger partial charge is 0.407 e. The summed E-state index contributed by atoms with van der Waals surface area (Å²) in [5.74, 6) is 0.872. The van der Waals surface area contributed by atoms with Crippen molar-refractivity contribution < 1.29 is 66.9 Å². The third kappa shape index (κ3) is 28.3. The highest BCUT2D eigenvalue weighted by atomic mass is 16.5. The molecule has 0 unspecified atom stereocenters. The first kappa shape index (κ1) is 86.9. The lowest BCUT2D eigenvalue weighted by atomic mass is 10.0. The maximum absolute atomic E-state index is 12.9. The Morgan fingerprint density at radius 2 is 0.433 bits per heavy atom. The number of methoxy groups -OCH3 is 4. The largest absolute Gasteiger partial charge is 0.453 e. The number of carbonyl (C=O) groups is 10. The zero-order valence-corrected chi connectivity index (χ0v) is 64.9. The summed E-state index contributed by atoms with van der Waals surface area (Å²) < 4.78 is 18.1. The first-order valence-corrected chi connectivity index (χ1v) is 38.6. The highest BCUT2D eigenvalue weighted by molar-refractivity contribution is 5.89. The molecule has 2 aromatic carbocycles. The Morgan fingerprint density at radius 1 is 0.260 bits per heavy atom. The fourth-order valence-corrected chi connectivity index (χ4v) is 14.2. The van der Waals surface area contributed by atoms with Gasteiger partial charge in [0.05, 0.1) is 28.4 Å². The summed E-state index contributed by atoms with van der Waals surface area (Å²) in [6, 6.07) is 18.6. The van der Waals surface area contributed by atoms with Crippen LogP contribution in [0.2, 0.25) is 0 Å². The van der Waals surface area contributed by atoms with Crippen molar-refractivity contribution in [1.82, 2.24) is 60.5 Å². The number of hydrogen-bond donors (Lipinski definition) is 4. The standard InChI is InChI=1S/2C17H24N2O.4C11H20N2O3/c2*20-17(19-13-7-8-14-19)16(15-9-3-1-4-10-15)18-11-5-2-6-12-18;4*1-8(2)9(12-11(15)16-3)10(14)13-6-4-5-7-13/h2*1,3-4,9-10,16H,2,5-8,11-14H2;4*8-9H,4-7H2,1-3H3,(H,12,15)/t2*16-;4*9-/m001100/s1. The Morgan fingerprint density at radius 3 is 0.606 bits per heavy atom. The molecule has 8 fully saturated rings. The van der Waals surface area contributed by atoms with E-state index in [1.165, 1.54) is 67.0 Å². The molecule has 6 atom stereocenters. The Hall–Kier alpha value is -7.74. The molecular weight excluding hydrogens is 1330 g/mol. The molecule has 8 heterocycles. The van der Waals surface area contributed by atoms with Crippen molar-refractivity contribution in [2.24, 2.45) is 23.7 Å². The molecular formula is C78H128N12O14. The molecule has 10 amide bonds. The van der Waals surface area contributed by atoms with Gasteiger partial charge < -0.3 is 69.6 Å². The second-order valence-corrected chi connectivity index (χ2v) is 29.4. The van der Waals surface area contributed by atoms with Gasteiger partial charge in [-0.15, -0.1) is 0 Å². The summed E-state index contributed by atoms with van der Waals surface area (Å²) in [6.07, 6.45) is 18.3. The van der Waals surface area contributed by atoms with Crippen LogP contribution < -0.4 is 21.3 Å². The Bertz CT molecular complexity index is 2600. The second-order valence-electron chi connectivity index (χ2n) is 29.4. The predicted octanol–water partition coefficient (Wildman–Crippen LogP) is 9.63. The predicted molar refractivity (Wildman–Crippen MR) is 401 cm³/mol. The number of piperidine rings is 2. The van der Waals surface area contributed by atoms with E-state index in [4.69, 9.17) is 0 Å². The minimum absolute atomic E-state index is 0.00194. The van der Waals surface area contributed by atoms with Gasteiger partial charge in [0.1, 0.15) is 36.3 Å². The summed E-state index contributed by atoms with van der Waals surface area (Å²) >= 11 is 0. The average molecular weight is 1460 g/mol. The van der Waals surface area contributed by atoms with Crippen LogP contribution in [-0.2, 0) is 47.7 Å². The van der Waals surface area contributed by atoms with Crippen LogP contribution in [0, 0.1) is 23.7 Å². The topological polar surface area (TPSA) is 282 Å². The van der Waals surface area contributed by atoms with E-state index in [2.05, 4.69) is 84.1 Å². The van der Waals surface area contributed by atoms with Crippen LogP contribution in [0.15, 0.2) is 60.7 Å². The van der Waals surface area contributed by atoms with E-state index in [1.54, 1.807) is 19.6 Å². The molecule has 8 aliphatic rings. The van der Waals surface area contributed by atoms with Gasteiger partial charge in [0, 0.05) is 78.5 Å². The van der Waals surface area contributed by atoms with Gasteiger partial charge in [0.25, 0.3) is 0 Å². The number of hydrogen-bond acceptors (Lipinski definition) is 16. The van der Waals surface area contributed by atoms with Crippen molar-refractivity contribution in [1.29, 1.82) is 0 Å². The normalized spacial score (nSPS) is 19.1. The number of ether oxygens (including phenoxy) is 4. The van der Waals surface area contributed by atoms with Crippen molar-refractivity contribution >= 4 is 59.8 Å². The van der Waals surface area contributed by atoms with E-state index < -0.39 is 48.5 Å². The van der Waals surface area contributed by atoms with Crippen LogP contribution in [0.1, 0.15) is 194 Å². The molecule has 2 aromatic rings. The molecule has 0 radical (unpaired) electrons. The molecule has 4 N–H and O–H groups in total. The van der Waals surface area contributed by atoms with Crippen molar-refractivity contribution in [3.63, 3.8) is 0 Å². The summed E-state index contributed by atoms with van der Waals surface area (Å²) in [4.78, 5) is 135. The minimum atomic E-state index is -0.550. The SMILES string of the molecule is COC(=O)N[C@@H](C(=O)N1CCCC1)C(C)C.COC(=O)N[C@@H](C(=O)N1CCCC1)C(C)C.COC(=O)N[C@H](C(=O)N1CCCC1)C(C)C.COC(=O)N[C@H](C(=O)N1CCCC1)C(C)C.O=C([C@H](c1ccccc1)N1CCCCC1)N1CCCC1.O=C([C@H](c1ccccc1)N1CCCCC1)N1CCCC1. The fourth-order valence-electron chi connectivity index (χ4n) is 14.2. The van der Waals surface area contributed by atoms with Crippen LogP contribution in [0.25, 0.3) is 0 Å². The highest BCUT2D eigenvalue weighted by Crippen LogP contribution is 2.30. The van der Waals surface area contributed by atoms with Crippen molar-refractivity contribution in [3.05, 3.63) is 71.8 Å². The maximum atomic E-state index is 12.9. The summed E-state index contributed by atoms with van der Waals surface area (Å²) in [5.41, 5.74) is 2.32. The van der Waals surface area contributed by atoms with Crippen molar-refractivity contribution in [2.45, 2.75) is 207 Å². The van der Waals surface area contributed by atoms with Gasteiger partial charge >= 0.3 is 24.4 Å². The van der Waals surface area contributed by atoms with E-state index in [0.29, 0.717) is 11.8 Å². The average Bonchev–Trinajstić information content (AvgIpc) is 1.77. The van der Waals surface area contributed by atoms with Gasteiger partial charge in [0.15, 0.2) is 0 Å². The van der Waals surface area contributed by atoms with E-state index in [-0.39, 0.29) is 59.4 Å². The summed E-state index contributed by atoms with van der Waals surface area (Å²) in [7, 11) is 5.19. The first-order valence-electron chi connectivity index (χ1n) is 38.6. The van der Waals surface area contributed by atoms with Gasteiger partial charge in [-0.3, -0.25) is 38.6 Å².